The average Bonchev–Trinajstić information content (AvgIpc) is 2.45. The van der Waals surface area contributed by atoms with Gasteiger partial charge in [-0.1, -0.05) is 26.0 Å². The molecule has 0 saturated carbocycles. The van der Waals surface area contributed by atoms with E-state index >= 15 is 0 Å². The number of nitrogens with zero attached hydrogens (tertiary/aromatic N) is 1. The molecule has 0 saturated heterocycles. The van der Waals surface area contributed by atoms with Gasteiger partial charge in [-0.2, -0.15) is 0 Å². The van der Waals surface area contributed by atoms with Gasteiger partial charge in [0.2, 0.25) is 0 Å². The van der Waals surface area contributed by atoms with Crippen LogP contribution in [0.15, 0.2) is 18.2 Å². The van der Waals surface area contributed by atoms with E-state index in [2.05, 4.69) is 42.0 Å². The molecule has 74 valence electrons. The van der Waals surface area contributed by atoms with Crippen molar-refractivity contribution in [2.75, 3.05) is 0 Å². The summed E-state index contributed by atoms with van der Waals surface area (Å²) in [5.41, 5.74) is 3.66. The molecule has 1 N–H and O–H groups in total. The minimum absolute atomic E-state index is 0.684. The number of H-pyrrole nitrogens is 1. The minimum atomic E-state index is 0.684. The van der Waals surface area contributed by atoms with Crippen molar-refractivity contribution in [2.24, 2.45) is 5.92 Å². The Morgan fingerprint density at radius 1 is 1.36 bits per heavy atom. The summed E-state index contributed by atoms with van der Waals surface area (Å²) in [6.45, 7) is 6.48. The summed E-state index contributed by atoms with van der Waals surface area (Å²) in [5.74, 6) is 1.68. The molecule has 1 heterocycles. The van der Waals surface area contributed by atoms with Gasteiger partial charge in [0.25, 0.3) is 0 Å². The van der Waals surface area contributed by atoms with Gasteiger partial charge in [0.15, 0.2) is 0 Å². The Balaban J connectivity index is 2.53. The second-order valence-corrected chi connectivity index (χ2v) is 4.23. The van der Waals surface area contributed by atoms with Crippen LogP contribution in [0, 0.1) is 12.8 Å². The second-order valence-electron chi connectivity index (χ2n) is 4.23. The van der Waals surface area contributed by atoms with Crippen molar-refractivity contribution in [1.82, 2.24) is 9.97 Å². The normalized spacial score (nSPS) is 11.4. The molecule has 0 aliphatic heterocycles. The lowest BCUT2D eigenvalue weighted by atomic mass is 10.0. The molecule has 0 spiro atoms. The molecule has 0 aliphatic carbocycles. The van der Waals surface area contributed by atoms with Crippen LogP contribution < -0.4 is 0 Å². The lowest BCUT2D eigenvalue weighted by Gasteiger charge is -2.05. The van der Waals surface area contributed by atoms with Gasteiger partial charge in [-0.25, -0.2) is 4.98 Å². The van der Waals surface area contributed by atoms with E-state index < -0.39 is 0 Å². The first-order valence-corrected chi connectivity index (χ1v) is 5.11. The van der Waals surface area contributed by atoms with Crippen LogP contribution in [0.3, 0.4) is 0 Å². The van der Waals surface area contributed by atoms with Crippen molar-refractivity contribution in [2.45, 2.75) is 27.2 Å². The molecule has 1 aromatic heterocycles. The van der Waals surface area contributed by atoms with Gasteiger partial charge in [-0.05, 0) is 30.9 Å². The maximum Gasteiger partial charge on any atom is 0.104 e. The number of fused-ring (bicyclic) bond motifs is 1. The molecule has 0 amide bonds. The molecule has 0 radical (unpaired) electrons. The summed E-state index contributed by atoms with van der Waals surface area (Å²) in [7, 11) is 0. The summed E-state index contributed by atoms with van der Waals surface area (Å²) < 4.78 is 0. The summed E-state index contributed by atoms with van der Waals surface area (Å²) in [5, 5.41) is 0. The number of para-hydroxylation sites is 1. The fourth-order valence-corrected chi connectivity index (χ4v) is 1.82. The van der Waals surface area contributed by atoms with E-state index in [9.17, 15) is 0 Å². The molecular formula is C12H16N2. The lowest BCUT2D eigenvalue weighted by Crippen LogP contribution is -1.94. The van der Waals surface area contributed by atoms with Crippen LogP contribution in [0.2, 0.25) is 0 Å². The second kappa shape index (κ2) is 3.45. The lowest BCUT2D eigenvalue weighted by molar-refractivity contribution is 0.649. The monoisotopic (exact) mass is 188 g/mol. The van der Waals surface area contributed by atoms with Gasteiger partial charge in [0.1, 0.15) is 5.82 Å². The quantitative estimate of drug-likeness (QED) is 0.770. The van der Waals surface area contributed by atoms with Crippen LogP contribution in [0.4, 0.5) is 0 Å². The minimum Gasteiger partial charge on any atom is -0.342 e. The van der Waals surface area contributed by atoms with Gasteiger partial charge >= 0.3 is 0 Å². The van der Waals surface area contributed by atoms with Crippen molar-refractivity contribution < 1.29 is 0 Å². The fourth-order valence-electron chi connectivity index (χ4n) is 1.82. The fraction of sp³-hybridized carbons (Fsp3) is 0.417. The van der Waals surface area contributed by atoms with E-state index in [4.69, 9.17) is 0 Å². The Hall–Kier alpha value is -1.31. The van der Waals surface area contributed by atoms with E-state index in [1.165, 1.54) is 11.1 Å². The molecule has 2 nitrogen and oxygen atoms in total. The number of nitrogens with one attached hydrogen (secondary N) is 1. The predicted octanol–water partition coefficient (Wildman–Crippen LogP) is 3.07. The third-order valence-electron chi connectivity index (χ3n) is 2.35. The maximum atomic E-state index is 4.43. The molecule has 2 rings (SSSR count). The number of hydrogen-bond donors (Lipinski definition) is 1. The standard InChI is InChI=1S/C12H16N2/c1-8(2)7-10-5-4-6-11-12(10)14-9(3)13-11/h4-6,8H,7H2,1-3H3,(H,13,14). The van der Waals surface area contributed by atoms with E-state index in [1.807, 2.05) is 6.92 Å². The molecule has 2 aromatic rings. The highest BCUT2D eigenvalue weighted by Crippen LogP contribution is 2.19. The Morgan fingerprint density at radius 2 is 2.14 bits per heavy atom. The molecule has 14 heavy (non-hydrogen) atoms. The Kier molecular flexibility index (Phi) is 2.28. The SMILES string of the molecule is Cc1nc2cccc(CC(C)C)c2[nH]1. The van der Waals surface area contributed by atoms with Crippen LogP contribution in [-0.4, -0.2) is 9.97 Å². The van der Waals surface area contributed by atoms with Gasteiger partial charge < -0.3 is 4.98 Å². The largest absolute Gasteiger partial charge is 0.342 e. The summed E-state index contributed by atoms with van der Waals surface area (Å²) in [6.07, 6.45) is 1.11. The van der Waals surface area contributed by atoms with Gasteiger partial charge in [0, 0.05) is 0 Å². The molecule has 0 fully saturated rings. The van der Waals surface area contributed by atoms with E-state index in [-0.39, 0.29) is 0 Å². The summed E-state index contributed by atoms with van der Waals surface area (Å²) in [4.78, 5) is 7.75. The van der Waals surface area contributed by atoms with Gasteiger partial charge in [0.05, 0.1) is 11.0 Å². The highest BCUT2D eigenvalue weighted by Gasteiger charge is 2.05. The predicted molar refractivity (Wildman–Crippen MR) is 59.4 cm³/mol. The number of aromatic nitrogens is 2. The molecule has 0 unspecified atom stereocenters. The topological polar surface area (TPSA) is 28.7 Å². The van der Waals surface area contributed by atoms with Crippen molar-refractivity contribution in [1.29, 1.82) is 0 Å². The summed E-state index contributed by atoms with van der Waals surface area (Å²) >= 11 is 0. The highest BCUT2D eigenvalue weighted by atomic mass is 14.9. The van der Waals surface area contributed by atoms with Crippen LogP contribution in [0.25, 0.3) is 11.0 Å². The number of aromatic amines is 1. The van der Waals surface area contributed by atoms with Gasteiger partial charge in [-0.15, -0.1) is 0 Å². The highest BCUT2D eigenvalue weighted by molar-refractivity contribution is 5.78. The number of benzene rings is 1. The van der Waals surface area contributed by atoms with Crippen molar-refractivity contribution in [3.8, 4) is 0 Å². The van der Waals surface area contributed by atoms with Crippen LogP contribution >= 0.6 is 0 Å². The number of imidazole rings is 1. The first kappa shape index (κ1) is 9.25. The van der Waals surface area contributed by atoms with E-state index in [0.717, 1.165) is 17.8 Å². The maximum absolute atomic E-state index is 4.43. The third-order valence-corrected chi connectivity index (χ3v) is 2.35. The Morgan fingerprint density at radius 3 is 2.86 bits per heavy atom. The zero-order chi connectivity index (χ0) is 10.1. The van der Waals surface area contributed by atoms with Gasteiger partial charge in [-0.3, -0.25) is 0 Å². The zero-order valence-electron chi connectivity index (χ0n) is 8.96. The zero-order valence-corrected chi connectivity index (χ0v) is 8.96. The van der Waals surface area contributed by atoms with E-state index in [0.29, 0.717) is 5.92 Å². The smallest absolute Gasteiger partial charge is 0.104 e. The molecule has 0 bridgehead atoms. The average molecular weight is 188 g/mol. The third kappa shape index (κ3) is 1.65. The molecule has 1 aromatic carbocycles. The Labute approximate surface area is 84.4 Å². The first-order chi connectivity index (χ1) is 6.66. The van der Waals surface area contributed by atoms with Crippen LogP contribution in [0.1, 0.15) is 25.2 Å². The Bertz CT molecular complexity index is 441. The summed E-state index contributed by atoms with van der Waals surface area (Å²) in [6, 6.07) is 6.32. The van der Waals surface area contributed by atoms with Crippen molar-refractivity contribution in [3.63, 3.8) is 0 Å². The van der Waals surface area contributed by atoms with Crippen LogP contribution in [-0.2, 0) is 6.42 Å². The van der Waals surface area contributed by atoms with Crippen molar-refractivity contribution >= 4 is 11.0 Å². The molecule has 0 atom stereocenters. The molecule has 0 aliphatic rings. The molecular weight excluding hydrogens is 172 g/mol. The number of aryl methyl sites for hydroxylation is 1. The van der Waals surface area contributed by atoms with E-state index in [1.54, 1.807) is 0 Å². The number of rotatable bonds is 2. The first-order valence-electron chi connectivity index (χ1n) is 5.11. The van der Waals surface area contributed by atoms with Crippen LogP contribution in [0.5, 0.6) is 0 Å². The molecule has 2 heteroatoms. The number of hydrogen-bond acceptors (Lipinski definition) is 1. The van der Waals surface area contributed by atoms with Crippen molar-refractivity contribution in [3.05, 3.63) is 29.6 Å².